The van der Waals surface area contributed by atoms with Crippen molar-refractivity contribution in [3.05, 3.63) is 58.1 Å². The van der Waals surface area contributed by atoms with Gasteiger partial charge in [-0.3, -0.25) is 25.8 Å². The highest BCUT2D eigenvalue weighted by molar-refractivity contribution is 9.10. The molecule has 0 bridgehead atoms. The maximum absolute atomic E-state index is 12.5. The number of hydrazine groups is 1. The number of halogens is 1. The average molecular weight is 565 g/mol. The van der Waals surface area contributed by atoms with Gasteiger partial charge in [0.05, 0.1) is 11.1 Å². The summed E-state index contributed by atoms with van der Waals surface area (Å²) in [6.45, 7) is 6.82. The van der Waals surface area contributed by atoms with Crippen LogP contribution in [-0.4, -0.2) is 30.1 Å². The standard InChI is InChI=1S/C26H34BrN3O4S/c1-4-6-7-10-15-33-23-14-13-19(16-21(23)27)25(32)28-26(35)30-29-24(31)17-34-22-12-9-8-11-20(22)18(3)5-2/h8-9,11-14,16,18H,4-7,10,15,17H2,1-3H3,(H,29,31)(H2,28,30,32,35). The van der Waals surface area contributed by atoms with Gasteiger partial charge in [0.2, 0.25) is 0 Å². The molecule has 1 unspecified atom stereocenters. The van der Waals surface area contributed by atoms with E-state index < -0.39 is 11.8 Å². The Balaban J connectivity index is 1.77. The molecule has 190 valence electrons. The fraction of sp³-hybridized carbons (Fsp3) is 0.423. The highest BCUT2D eigenvalue weighted by Gasteiger charge is 2.13. The highest BCUT2D eigenvalue weighted by atomic mass is 79.9. The number of ether oxygens (including phenoxy) is 2. The molecule has 2 aromatic carbocycles. The van der Waals surface area contributed by atoms with Gasteiger partial charge in [-0.05, 0) is 76.7 Å². The maximum atomic E-state index is 12.5. The van der Waals surface area contributed by atoms with Crippen molar-refractivity contribution in [3.63, 3.8) is 0 Å². The van der Waals surface area contributed by atoms with Crippen LogP contribution in [0.2, 0.25) is 0 Å². The van der Waals surface area contributed by atoms with Crippen LogP contribution in [0.1, 0.15) is 74.7 Å². The molecule has 3 N–H and O–H groups in total. The number of carbonyl (C=O) groups excluding carboxylic acids is 2. The van der Waals surface area contributed by atoms with Gasteiger partial charge >= 0.3 is 0 Å². The van der Waals surface area contributed by atoms with Gasteiger partial charge in [-0.25, -0.2) is 0 Å². The monoisotopic (exact) mass is 563 g/mol. The molecule has 2 aromatic rings. The molecule has 35 heavy (non-hydrogen) atoms. The Kier molecular flexibility index (Phi) is 12.6. The summed E-state index contributed by atoms with van der Waals surface area (Å²) in [5.74, 6) is 0.837. The SMILES string of the molecule is CCCCCCOc1ccc(C(=O)NC(=S)NNC(=O)COc2ccccc2C(C)CC)cc1Br. The Morgan fingerprint density at radius 3 is 2.49 bits per heavy atom. The van der Waals surface area contributed by atoms with Gasteiger partial charge in [-0.1, -0.05) is 58.2 Å². The van der Waals surface area contributed by atoms with Crippen LogP contribution in [-0.2, 0) is 4.79 Å². The van der Waals surface area contributed by atoms with Crippen molar-refractivity contribution in [2.24, 2.45) is 0 Å². The predicted octanol–water partition coefficient (Wildman–Crippen LogP) is 5.64. The molecule has 1 atom stereocenters. The van der Waals surface area contributed by atoms with Crippen LogP contribution in [0.15, 0.2) is 46.9 Å². The van der Waals surface area contributed by atoms with Crippen molar-refractivity contribution in [2.45, 2.75) is 58.8 Å². The van der Waals surface area contributed by atoms with Crippen molar-refractivity contribution >= 4 is 45.1 Å². The van der Waals surface area contributed by atoms with E-state index in [4.69, 9.17) is 21.7 Å². The lowest BCUT2D eigenvalue weighted by atomic mass is 9.98. The van der Waals surface area contributed by atoms with Crippen LogP contribution in [0.4, 0.5) is 0 Å². The number of thiocarbonyl (C=S) groups is 1. The van der Waals surface area contributed by atoms with E-state index >= 15 is 0 Å². The van der Waals surface area contributed by atoms with Crippen LogP contribution in [0.25, 0.3) is 0 Å². The molecule has 0 heterocycles. The molecule has 0 aliphatic heterocycles. The first kappa shape index (κ1) is 28.6. The molecule has 0 aromatic heterocycles. The van der Waals surface area contributed by atoms with Gasteiger partial charge in [0.1, 0.15) is 11.5 Å². The minimum Gasteiger partial charge on any atom is -0.492 e. The molecular formula is C26H34BrN3O4S. The zero-order valence-corrected chi connectivity index (χ0v) is 22.9. The lowest BCUT2D eigenvalue weighted by molar-refractivity contribution is -0.123. The fourth-order valence-electron chi connectivity index (χ4n) is 3.22. The van der Waals surface area contributed by atoms with E-state index in [9.17, 15) is 9.59 Å². The van der Waals surface area contributed by atoms with Crippen molar-refractivity contribution in [1.82, 2.24) is 16.2 Å². The maximum Gasteiger partial charge on any atom is 0.276 e. The largest absolute Gasteiger partial charge is 0.492 e. The first-order valence-electron chi connectivity index (χ1n) is 11.9. The smallest absolute Gasteiger partial charge is 0.276 e. The number of unbranched alkanes of at least 4 members (excludes halogenated alkanes) is 3. The molecule has 9 heteroatoms. The van der Waals surface area contributed by atoms with Crippen molar-refractivity contribution in [2.75, 3.05) is 13.2 Å². The Hall–Kier alpha value is -2.65. The van der Waals surface area contributed by atoms with E-state index in [1.807, 2.05) is 24.3 Å². The minimum absolute atomic E-state index is 0.0317. The molecule has 0 spiro atoms. The summed E-state index contributed by atoms with van der Waals surface area (Å²) in [5, 5.41) is 2.50. The zero-order valence-electron chi connectivity index (χ0n) is 20.5. The second kappa shape index (κ2) is 15.4. The third-order valence-corrected chi connectivity index (χ3v) is 6.24. The first-order chi connectivity index (χ1) is 16.8. The zero-order chi connectivity index (χ0) is 25.6. The van der Waals surface area contributed by atoms with Gasteiger partial charge in [-0.15, -0.1) is 0 Å². The van der Waals surface area contributed by atoms with Crippen LogP contribution in [0.3, 0.4) is 0 Å². The van der Waals surface area contributed by atoms with E-state index in [0.29, 0.717) is 34.1 Å². The number of benzene rings is 2. The van der Waals surface area contributed by atoms with Gasteiger partial charge in [0.25, 0.3) is 11.8 Å². The number of nitrogens with one attached hydrogen (secondary N) is 3. The Morgan fingerprint density at radius 2 is 1.77 bits per heavy atom. The Morgan fingerprint density at radius 1 is 1.00 bits per heavy atom. The fourth-order valence-corrected chi connectivity index (χ4v) is 3.86. The van der Waals surface area contributed by atoms with E-state index in [2.05, 4.69) is 52.9 Å². The van der Waals surface area contributed by atoms with Crippen molar-refractivity contribution in [1.29, 1.82) is 0 Å². The van der Waals surface area contributed by atoms with Crippen molar-refractivity contribution in [3.8, 4) is 11.5 Å². The number of rotatable bonds is 12. The first-order valence-corrected chi connectivity index (χ1v) is 13.1. The third kappa shape index (κ3) is 9.85. The molecule has 2 amide bonds. The third-order valence-electron chi connectivity index (χ3n) is 5.41. The van der Waals surface area contributed by atoms with E-state index in [1.54, 1.807) is 18.2 Å². The van der Waals surface area contributed by atoms with Gasteiger partial charge < -0.3 is 9.47 Å². The van der Waals surface area contributed by atoms with Crippen LogP contribution in [0, 0.1) is 0 Å². The second-order valence-electron chi connectivity index (χ2n) is 8.15. The molecule has 7 nitrogen and oxygen atoms in total. The number of carbonyl (C=O) groups is 2. The summed E-state index contributed by atoms with van der Waals surface area (Å²) in [4.78, 5) is 24.7. The summed E-state index contributed by atoms with van der Waals surface area (Å²) in [6.07, 6.45) is 5.45. The topological polar surface area (TPSA) is 88.7 Å². The summed E-state index contributed by atoms with van der Waals surface area (Å²) < 4.78 is 12.1. The van der Waals surface area contributed by atoms with E-state index in [-0.39, 0.29) is 11.7 Å². The normalized spacial score (nSPS) is 11.3. The quantitative estimate of drug-likeness (QED) is 0.176. The molecule has 0 aliphatic carbocycles. The van der Waals surface area contributed by atoms with Gasteiger partial charge in [0.15, 0.2) is 11.7 Å². The molecule has 0 saturated heterocycles. The van der Waals surface area contributed by atoms with Crippen LogP contribution >= 0.6 is 28.1 Å². The molecule has 0 fully saturated rings. The van der Waals surface area contributed by atoms with E-state index in [0.717, 1.165) is 24.8 Å². The number of hydrogen-bond acceptors (Lipinski definition) is 5. The van der Waals surface area contributed by atoms with Gasteiger partial charge in [-0.2, -0.15) is 0 Å². The summed E-state index contributed by atoms with van der Waals surface area (Å²) in [7, 11) is 0. The minimum atomic E-state index is -0.427. The number of amides is 2. The summed E-state index contributed by atoms with van der Waals surface area (Å²) in [5.41, 5.74) is 6.41. The molecule has 0 radical (unpaired) electrons. The van der Waals surface area contributed by atoms with Gasteiger partial charge in [0, 0.05) is 5.56 Å². The van der Waals surface area contributed by atoms with Crippen LogP contribution < -0.4 is 25.6 Å². The lowest BCUT2D eigenvalue weighted by Gasteiger charge is -2.16. The van der Waals surface area contributed by atoms with Crippen LogP contribution in [0.5, 0.6) is 11.5 Å². The molecule has 0 saturated carbocycles. The lowest BCUT2D eigenvalue weighted by Crippen LogP contribution is -2.49. The Bertz CT molecular complexity index is 1000. The molecular weight excluding hydrogens is 530 g/mol. The second-order valence-corrected chi connectivity index (χ2v) is 9.41. The highest BCUT2D eigenvalue weighted by Crippen LogP contribution is 2.28. The average Bonchev–Trinajstić information content (AvgIpc) is 2.86. The molecule has 2 rings (SSSR count). The number of para-hydroxylation sites is 1. The Labute approximate surface area is 221 Å². The predicted molar refractivity (Wildman–Crippen MR) is 146 cm³/mol. The van der Waals surface area contributed by atoms with E-state index in [1.165, 1.54) is 12.8 Å². The number of hydrogen-bond donors (Lipinski definition) is 3. The molecule has 0 aliphatic rings. The summed E-state index contributed by atoms with van der Waals surface area (Å²) >= 11 is 8.56. The van der Waals surface area contributed by atoms with Crippen molar-refractivity contribution < 1.29 is 19.1 Å². The summed E-state index contributed by atoms with van der Waals surface area (Å²) in [6, 6.07) is 12.7.